The first-order valence-corrected chi connectivity index (χ1v) is 6.26. The van der Waals surface area contributed by atoms with Gasteiger partial charge in [-0.2, -0.15) is 11.8 Å². The molecule has 0 aromatic carbocycles. The predicted molar refractivity (Wildman–Crippen MR) is 67.6 cm³/mol. The second-order valence-electron chi connectivity index (χ2n) is 4.24. The summed E-state index contributed by atoms with van der Waals surface area (Å²) < 4.78 is 0.223. The average Bonchev–Trinajstić information content (AvgIpc) is 2.20. The zero-order valence-corrected chi connectivity index (χ0v) is 10.9. The number of hydrogen-bond acceptors (Lipinski definition) is 4. The lowest BCUT2D eigenvalue weighted by atomic mass is 10.2. The van der Waals surface area contributed by atoms with Gasteiger partial charge in [0.25, 0.3) is 0 Å². The third-order valence-corrected chi connectivity index (χ3v) is 3.69. The van der Waals surface area contributed by atoms with Crippen LogP contribution in [0, 0.1) is 13.8 Å². The zero-order chi connectivity index (χ0) is 11.5. The fourth-order valence-corrected chi connectivity index (χ4v) is 1.22. The van der Waals surface area contributed by atoms with E-state index in [0.29, 0.717) is 0 Å². The summed E-state index contributed by atoms with van der Waals surface area (Å²) in [6.07, 6.45) is 3.91. The molecule has 0 saturated carbocycles. The van der Waals surface area contributed by atoms with E-state index < -0.39 is 0 Å². The van der Waals surface area contributed by atoms with Crippen molar-refractivity contribution < 1.29 is 0 Å². The molecule has 0 amide bonds. The SMILES string of the molecule is CSC(C)(C)CNc1cnc(C)c(C)n1. The largest absolute Gasteiger partial charge is 0.367 e. The maximum atomic E-state index is 4.43. The van der Waals surface area contributed by atoms with Gasteiger partial charge in [0.15, 0.2) is 0 Å². The van der Waals surface area contributed by atoms with Crippen LogP contribution in [0.2, 0.25) is 0 Å². The van der Waals surface area contributed by atoms with Gasteiger partial charge in [-0.1, -0.05) is 0 Å². The number of anilines is 1. The highest BCUT2D eigenvalue weighted by atomic mass is 32.2. The van der Waals surface area contributed by atoms with Crippen LogP contribution in [0.1, 0.15) is 25.2 Å². The third-order valence-electron chi connectivity index (χ3n) is 2.44. The number of aryl methyl sites for hydroxylation is 2. The molecular formula is C11H19N3S. The number of nitrogens with zero attached hydrogens (tertiary/aromatic N) is 2. The molecular weight excluding hydrogens is 206 g/mol. The number of aromatic nitrogens is 2. The molecule has 0 bridgehead atoms. The lowest BCUT2D eigenvalue weighted by Crippen LogP contribution is -2.26. The molecule has 1 rings (SSSR count). The van der Waals surface area contributed by atoms with Gasteiger partial charge in [0.05, 0.1) is 17.6 Å². The van der Waals surface area contributed by atoms with Crippen molar-refractivity contribution in [3.63, 3.8) is 0 Å². The molecule has 0 aliphatic carbocycles. The van der Waals surface area contributed by atoms with Crippen LogP contribution in [0.5, 0.6) is 0 Å². The first kappa shape index (κ1) is 12.3. The monoisotopic (exact) mass is 225 g/mol. The van der Waals surface area contributed by atoms with Crippen molar-refractivity contribution in [2.24, 2.45) is 0 Å². The Morgan fingerprint density at radius 3 is 2.53 bits per heavy atom. The van der Waals surface area contributed by atoms with Gasteiger partial charge >= 0.3 is 0 Å². The summed E-state index contributed by atoms with van der Waals surface area (Å²) in [6.45, 7) is 9.26. The van der Waals surface area contributed by atoms with E-state index in [1.165, 1.54) is 0 Å². The molecule has 0 saturated heterocycles. The summed E-state index contributed by atoms with van der Waals surface area (Å²) in [5.41, 5.74) is 1.98. The molecule has 1 N–H and O–H groups in total. The highest BCUT2D eigenvalue weighted by Crippen LogP contribution is 2.21. The van der Waals surface area contributed by atoms with Crippen LogP contribution in [-0.2, 0) is 0 Å². The van der Waals surface area contributed by atoms with Gasteiger partial charge in [-0.05, 0) is 34.0 Å². The van der Waals surface area contributed by atoms with Crippen LogP contribution in [0.3, 0.4) is 0 Å². The van der Waals surface area contributed by atoms with E-state index in [2.05, 4.69) is 35.4 Å². The van der Waals surface area contributed by atoms with Gasteiger partial charge in [-0.25, -0.2) is 4.98 Å². The minimum Gasteiger partial charge on any atom is -0.367 e. The van der Waals surface area contributed by atoms with Gasteiger partial charge in [-0.15, -0.1) is 0 Å². The Morgan fingerprint density at radius 1 is 1.33 bits per heavy atom. The molecule has 0 atom stereocenters. The number of hydrogen-bond donors (Lipinski definition) is 1. The van der Waals surface area contributed by atoms with Crippen molar-refractivity contribution in [1.29, 1.82) is 0 Å². The summed E-state index contributed by atoms with van der Waals surface area (Å²) in [5.74, 6) is 0.861. The molecule has 3 nitrogen and oxygen atoms in total. The molecule has 0 aliphatic heterocycles. The quantitative estimate of drug-likeness (QED) is 0.855. The summed E-state index contributed by atoms with van der Waals surface area (Å²) in [7, 11) is 0. The molecule has 84 valence electrons. The number of thioether (sulfide) groups is 1. The number of nitrogens with one attached hydrogen (secondary N) is 1. The second kappa shape index (κ2) is 4.84. The summed E-state index contributed by atoms with van der Waals surface area (Å²) in [5, 5.41) is 3.31. The van der Waals surface area contributed by atoms with Gasteiger partial charge < -0.3 is 5.32 Å². The van der Waals surface area contributed by atoms with Gasteiger partial charge in [0.1, 0.15) is 5.82 Å². The average molecular weight is 225 g/mol. The second-order valence-corrected chi connectivity index (χ2v) is 5.76. The Kier molecular flexibility index (Phi) is 3.97. The van der Waals surface area contributed by atoms with Crippen LogP contribution in [-0.4, -0.2) is 27.5 Å². The lowest BCUT2D eigenvalue weighted by molar-refractivity contribution is 0.748. The minimum absolute atomic E-state index is 0.223. The molecule has 0 unspecified atom stereocenters. The standard InChI is InChI=1S/C11H19N3S/c1-8-9(2)14-10(6-12-8)13-7-11(3,4)15-5/h6H,7H2,1-5H3,(H,13,14). The van der Waals surface area contributed by atoms with E-state index >= 15 is 0 Å². The van der Waals surface area contributed by atoms with Crippen LogP contribution in [0.25, 0.3) is 0 Å². The zero-order valence-electron chi connectivity index (χ0n) is 10.1. The number of rotatable bonds is 4. The van der Waals surface area contributed by atoms with E-state index in [1.54, 1.807) is 6.20 Å². The Balaban J connectivity index is 2.62. The van der Waals surface area contributed by atoms with Crippen molar-refractivity contribution in [2.45, 2.75) is 32.4 Å². The maximum Gasteiger partial charge on any atom is 0.144 e. The van der Waals surface area contributed by atoms with E-state index in [9.17, 15) is 0 Å². The molecule has 0 fully saturated rings. The van der Waals surface area contributed by atoms with Crippen LogP contribution < -0.4 is 5.32 Å². The van der Waals surface area contributed by atoms with Crippen molar-refractivity contribution in [2.75, 3.05) is 18.1 Å². The molecule has 15 heavy (non-hydrogen) atoms. The smallest absolute Gasteiger partial charge is 0.144 e. The molecule has 4 heteroatoms. The molecule has 1 heterocycles. The van der Waals surface area contributed by atoms with Crippen molar-refractivity contribution in [3.8, 4) is 0 Å². The van der Waals surface area contributed by atoms with E-state index in [-0.39, 0.29) is 4.75 Å². The predicted octanol–water partition coefficient (Wildman–Crippen LogP) is 2.65. The molecule has 0 spiro atoms. The van der Waals surface area contributed by atoms with E-state index in [4.69, 9.17) is 0 Å². The Morgan fingerprint density at radius 2 is 2.00 bits per heavy atom. The van der Waals surface area contributed by atoms with Crippen LogP contribution in [0.15, 0.2) is 6.20 Å². The van der Waals surface area contributed by atoms with Crippen molar-refractivity contribution >= 4 is 17.6 Å². The Labute approximate surface area is 96.1 Å². The molecule has 1 aromatic rings. The van der Waals surface area contributed by atoms with E-state index in [0.717, 1.165) is 23.8 Å². The van der Waals surface area contributed by atoms with Crippen molar-refractivity contribution in [1.82, 2.24) is 9.97 Å². The van der Waals surface area contributed by atoms with Gasteiger partial charge in [0.2, 0.25) is 0 Å². The Bertz CT molecular complexity index is 337. The highest BCUT2D eigenvalue weighted by Gasteiger charge is 2.15. The van der Waals surface area contributed by atoms with E-state index in [1.807, 2.05) is 25.6 Å². The molecule has 1 aromatic heterocycles. The van der Waals surface area contributed by atoms with Crippen LogP contribution >= 0.6 is 11.8 Å². The fourth-order valence-electron chi connectivity index (χ4n) is 1.00. The topological polar surface area (TPSA) is 37.8 Å². The van der Waals surface area contributed by atoms with Crippen LogP contribution in [0.4, 0.5) is 5.82 Å². The van der Waals surface area contributed by atoms with Crippen molar-refractivity contribution in [3.05, 3.63) is 17.6 Å². The highest BCUT2D eigenvalue weighted by molar-refractivity contribution is 7.99. The Hall–Kier alpha value is -0.770. The summed E-state index contributed by atoms with van der Waals surface area (Å²) in [6, 6.07) is 0. The maximum absolute atomic E-state index is 4.43. The summed E-state index contributed by atoms with van der Waals surface area (Å²) in [4.78, 5) is 8.70. The first-order valence-electron chi connectivity index (χ1n) is 5.04. The third kappa shape index (κ3) is 3.70. The van der Waals surface area contributed by atoms with Gasteiger partial charge in [0, 0.05) is 11.3 Å². The van der Waals surface area contributed by atoms with Gasteiger partial charge in [-0.3, -0.25) is 4.98 Å². The fraction of sp³-hybridized carbons (Fsp3) is 0.636. The lowest BCUT2D eigenvalue weighted by Gasteiger charge is -2.22. The summed E-state index contributed by atoms with van der Waals surface area (Å²) >= 11 is 1.84. The molecule has 0 radical (unpaired) electrons. The minimum atomic E-state index is 0.223. The normalized spacial score (nSPS) is 11.5. The first-order chi connectivity index (χ1) is 6.94. The molecule has 0 aliphatic rings.